The highest BCUT2D eigenvalue weighted by atomic mass is 32.1. The van der Waals surface area contributed by atoms with E-state index in [0.29, 0.717) is 5.69 Å². The fourth-order valence-corrected chi connectivity index (χ4v) is 3.30. The zero-order valence-electron chi connectivity index (χ0n) is 14.3. The molecule has 0 aliphatic heterocycles. The van der Waals surface area contributed by atoms with Gasteiger partial charge < -0.3 is 0 Å². The molecule has 4 rings (SSSR count). The number of aromatic nitrogens is 2. The lowest BCUT2D eigenvalue weighted by molar-refractivity contribution is 0.0950. The molecule has 0 aliphatic rings. The molecule has 0 bridgehead atoms. The van der Waals surface area contributed by atoms with Gasteiger partial charge in [0.2, 0.25) is 0 Å². The molecule has 0 aliphatic carbocycles. The third kappa shape index (κ3) is 4.02. The fourth-order valence-electron chi connectivity index (χ4n) is 2.61. The summed E-state index contributed by atoms with van der Waals surface area (Å²) in [5, 5.41) is 12.9. The van der Waals surface area contributed by atoms with E-state index in [1.54, 1.807) is 23.6 Å². The van der Waals surface area contributed by atoms with Crippen LogP contribution in [0.4, 0.5) is 0 Å². The molecule has 0 fully saturated rings. The number of hydrazone groups is 1. The summed E-state index contributed by atoms with van der Waals surface area (Å²) in [4.78, 5) is 13.2. The molecule has 0 saturated carbocycles. The average Bonchev–Trinajstić information content (AvgIpc) is 3.41. The van der Waals surface area contributed by atoms with Crippen LogP contribution in [0.3, 0.4) is 0 Å². The number of benzene rings is 2. The number of hydrogen-bond acceptors (Lipinski definition) is 4. The summed E-state index contributed by atoms with van der Waals surface area (Å²) < 4.78 is 0. The van der Waals surface area contributed by atoms with Gasteiger partial charge in [-0.2, -0.15) is 10.2 Å². The van der Waals surface area contributed by atoms with Crippen molar-refractivity contribution >= 4 is 23.5 Å². The highest BCUT2D eigenvalue weighted by Crippen LogP contribution is 2.23. The van der Waals surface area contributed by atoms with Gasteiger partial charge in [0.1, 0.15) is 0 Å². The minimum absolute atomic E-state index is 0.301. The molecule has 27 heavy (non-hydrogen) atoms. The molecule has 6 heteroatoms. The molecule has 5 nitrogen and oxygen atoms in total. The van der Waals surface area contributed by atoms with Gasteiger partial charge in [-0.05, 0) is 34.2 Å². The van der Waals surface area contributed by atoms with E-state index in [4.69, 9.17) is 0 Å². The Morgan fingerprint density at radius 1 is 1.00 bits per heavy atom. The summed E-state index contributed by atoms with van der Waals surface area (Å²) in [6.45, 7) is 0. The first-order valence-electron chi connectivity index (χ1n) is 8.38. The molecular formula is C21H16N4OS. The van der Waals surface area contributed by atoms with Crippen molar-refractivity contribution in [1.29, 1.82) is 0 Å². The minimum Gasteiger partial charge on any atom is -0.276 e. The maximum atomic E-state index is 12.2. The van der Waals surface area contributed by atoms with Crippen molar-refractivity contribution in [3.8, 4) is 21.7 Å². The SMILES string of the molecule is O=C(NN=Cc1ccc(-c2ccccc2)cc1)c1cc(-c2cccs2)[nH]n1. The molecule has 4 aromatic rings. The van der Waals surface area contributed by atoms with Crippen LogP contribution in [0, 0.1) is 0 Å². The fraction of sp³-hybridized carbons (Fsp3) is 0. The second kappa shape index (κ2) is 7.80. The van der Waals surface area contributed by atoms with Crippen LogP contribution < -0.4 is 5.43 Å². The van der Waals surface area contributed by atoms with Gasteiger partial charge >= 0.3 is 0 Å². The van der Waals surface area contributed by atoms with Crippen molar-refractivity contribution in [2.75, 3.05) is 0 Å². The Hall–Kier alpha value is -3.51. The Balaban J connectivity index is 1.38. The van der Waals surface area contributed by atoms with Gasteiger partial charge in [0.15, 0.2) is 5.69 Å². The third-order valence-corrected chi connectivity index (χ3v) is 4.90. The van der Waals surface area contributed by atoms with Crippen LogP contribution in [0.15, 0.2) is 83.3 Å². The van der Waals surface area contributed by atoms with Crippen LogP contribution in [-0.2, 0) is 0 Å². The van der Waals surface area contributed by atoms with Gasteiger partial charge in [-0.1, -0.05) is 60.7 Å². The maximum Gasteiger partial charge on any atom is 0.291 e. The first kappa shape index (κ1) is 16.9. The molecule has 2 aromatic heterocycles. The van der Waals surface area contributed by atoms with Gasteiger partial charge in [0.05, 0.1) is 16.8 Å². The van der Waals surface area contributed by atoms with E-state index >= 15 is 0 Å². The number of nitrogens with one attached hydrogen (secondary N) is 2. The van der Waals surface area contributed by atoms with Crippen molar-refractivity contribution in [2.24, 2.45) is 5.10 Å². The number of hydrogen-bond donors (Lipinski definition) is 2. The molecule has 0 atom stereocenters. The lowest BCUT2D eigenvalue weighted by Gasteiger charge is -2.01. The van der Waals surface area contributed by atoms with Gasteiger partial charge in [0, 0.05) is 0 Å². The molecule has 1 amide bonds. The number of thiophene rings is 1. The van der Waals surface area contributed by atoms with Crippen LogP contribution in [0.2, 0.25) is 0 Å². The van der Waals surface area contributed by atoms with E-state index in [9.17, 15) is 4.79 Å². The number of carbonyl (C=O) groups excluding carboxylic acids is 1. The molecular weight excluding hydrogens is 356 g/mol. The molecule has 132 valence electrons. The first-order valence-corrected chi connectivity index (χ1v) is 9.26. The van der Waals surface area contributed by atoms with Crippen LogP contribution >= 0.6 is 11.3 Å². The summed E-state index contributed by atoms with van der Waals surface area (Å²) in [7, 11) is 0. The molecule has 2 N–H and O–H groups in total. The monoisotopic (exact) mass is 372 g/mol. The predicted octanol–water partition coefficient (Wildman–Crippen LogP) is 4.57. The smallest absolute Gasteiger partial charge is 0.276 e. The van der Waals surface area contributed by atoms with Crippen molar-refractivity contribution in [3.05, 3.63) is 89.4 Å². The Kier molecular flexibility index (Phi) is 4.89. The highest BCUT2D eigenvalue weighted by molar-refractivity contribution is 7.13. The van der Waals surface area contributed by atoms with E-state index in [2.05, 4.69) is 32.9 Å². The van der Waals surface area contributed by atoms with Crippen LogP contribution in [0.25, 0.3) is 21.7 Å². The lowest BCUT2D eigenvalue weighted by Crippen LogP contribution is -2.17. The van der Waals surface area contributed by atoms with Crippen molar-refractivity contribution in [1.82, 2.24) is 15.6 Å². The number of amides is 1. The van der Waals surface area contributed by atoms with Gasteiger partial charge in [-0.15, -0.1) is 11.3 Å². The van der Waals surface area contributed by atoms with E-state index in [1.807, 2.05) is 60.0 Å². The lowest BCUT2D eigenvalue weighted by atomic mass is 10.0. The maximum absolute atomic E-state index is 12.2. The second-order valence-corrected chi connectivity index (χ2v) is 6.78. The van der Waals surface area contributed by atoms with Crippen molar-refractivity contribution in [3.63, 3.8) is 0 Å². The quantitative estimate of drug-likeness (QED) is 0.398. The van der Waals surface area contributed by atoms with Crippen LogP contribution in [-0.4, -0.2) is 22.3 Å². The van der Waals surface area contributed by atoms with E-state index in [1.165, 1.54) is 0 Å². The highest BCUT2D eigenvalue weighted by Gasteiger charge is 2.11. The molecule has 0 unspecified atom stereocenters. The molecule has 2 heterocycles. The van der Waals surface area contributed by atoms with E-state index in [-0.39, 0.29) is 5.91 Å². The largest absolute Gasteiger partial charge is 0.291 e. The topological polar surface area (TPSA) is 70.1 Å². The Bertz CT molecular complexity index is 1050. The first-order chi connectivity index (χ1) is 13.3. The normalized spacial score (nSPS) is 11.0. The molecule has 0 saturated heterocycles. The number of nitrogens with zero attached hydrogens (tertiary/aromatic N) is 2. The summed E-state index contributed by atoms with van der Waals surface area (Å²) in [5.74, 6) is -0.355. The summed E-state index contributed by atoms with van der Waals surface area (Å²) in [5.41, 5.74) is 6.81. The molecule has 2 aromatic carbocycles. The van der Waals surface area contributed by atoms with E-state index < -0.39 is 0 Å². The van der Waals surface area contributed by atoms with Gasteiger partial charge in [0.25, 0.3) is 5.91 Å². The van der Waals surface area contributed by atoms with Crippen LogP contribution in [0.5, 0.6) is 0 Å². The Morgan fingerprint density at radius 3 is 2.52 bits per heavy atom. The Morgan fingerprint density at radius 2 is 1.78 bits per heavy atom. The van der Waals surface area contributed by atoms with E-state index in [0.717, 1.165) is 27.3 Å². The van der Waals surface area contributed by atoms with Crippen LogP contribution in [0.1, 0.15) is 16.1 Å². The Labute approximate surface area is 160 Å². The van der Waals surface area contributed by atoms with Gasteiger partial charge in [-0.25, -0.2) is 5.43 Å². The standard InChI is InChI=1S/C21H16N4OS/c26-21(19-13-18(23-24-19)20-7-4-12-27-20)25-22-14-15-8-10-17(11-9-15)16-5-2-1-3-6-16/h1-14H,(H,23,24)(H,25,26). The van der Waals surface area contributed by atoms with Crippen molar-refractivity contribution < 1.29 is 4.79 Å². The summed E-state index contributed by atoms with van der Waals surface area (Å²) in [6.07, 6.45) is 1.61. The van der Waals surface area contributed by atoms with Gasteiger partial charge in [-0.3, -0.25) is 9.89 Å². The average molecular weight is 372 g/mol. The van der Waals surface area contributed by atoms with Crippen molar-refractivity contribution in [2.45, 2.75) is 0 Å². The number of rotatable bonds is 5. The molecule has 0 radical (unpaired) electrons. The number of aromatic amines is 1. The zero-order valence-corrected chi connectivity index (χ0v) is 15.1. The zero-order chi connectivity index (χ0) is 18.5. The number of H-pyrrole nitrogens is 1. The summed E-state index contributed by atoms with van der Waals surface area (Å²) in [6, 6.07) is 23.8. The third-order valence-electron chi connectivity index (χ3n) is 3.99. The number of carbonyl (C=O) groups is 1. The minimum atomic E-state index is -0.355. The predicted molar refractivity (Wildman–Crippen MR) is 109 cm³/mol. The second-order valence-electron chi connectivity index (χ2n) is 5.83. The summed E-state index contributed by atoms with van der Waals surface area (Å²) >= 11 is 1.58. The molecule has 0 spiro atoms.